The third kappa shape index (κ3) is 1.73. The number of hydrogen-bond donors (Lipinski definition) is 1. The second kappa shape index (κ2) is 3.12. The highest BCUT2D eigenvalue weighted by atomic mass is 16.5. The molecule has 0 spiro atoms. The molecule has 0 saturated carbocycles. The molecule has 0 unspecified atom stereocenters. The lowest BCUT2D eigenvalue weighted by atomic mass is 9.91. The maximum atomic E-state index is 9.73. The fourth-order valence-corrected chi connectivity index (χ4v) is 1.67. The second-order valence-corrected chi connectivity index (χ2v) is 3.70. The summed E-state index contributed by atoms with van der Waals surface area (Å²) < 4.78 is 4.97. The van der Waals surface area contributed by atoms with Crippen LogP contribution in [-0.4, -0.2) is 33.9 Å². The van der Waals surface area contributed by atoms with Crippen molar-refractivity contribution < 1.29 is 9.63 Å². The van der Waals surface area contributed by atoms with E-state index in [9.17, 15) is 5.11 Å². The summed E-state index contributed by atoms with van der Waals surface area (Å²) in [6.45, 7) is 4.24. The fraction of sp³-hybridized carbons (Fsp3) is 0.667. The molecule has 13 heavy (non-hydrogen) atoms. The van der Waals surface area contributed by atoms with E-state index >= 15 is 0 Å². The lowest BCUT2D eigenvalue weighted by Gasteiger charge is -2.45. The van der Waals surface area contributed by atoms with Crippen molar-refractivity contribution in [2.45, 2.75) is 25.5 Å². The zero-order valence-corrected chi connectivity index (χ0v) is 7.73. The van der Waals surface area contributed by atoms with Crippen molar-refractivity contribution in [3.8, 4) is 0 Å². The van der Waals surface area contributed by atoms with Crippen molar-refractivity contribution in [2.24, 2.45) is 0 Å². The SMILES string of the molecule is CCC1(O)CN(Cc2ccno2)C1. The number of β-amino-alcohol motifs (C(OH)–C–C–N with tert-alkyl or cyclic N) is 1. The summed E-state index contributed by atoms with van der Waals surface area (Å²) in [5, 5.41) is 13.4. The van der Waals surface area contributed by atoms with Crippen LogP contribution in [0.4, 0.5) is 0 Å². The molecule has 1 N–H and O–H groups in total. The van der Waals surface area contributed by atoms with Crippen molar-refractivity contribution in [1.29, 1.82) is 0 Å². The van der Waals surface area contributed by atoms with Gasteiger partial charge in [0.15, 0.2) is 5.76 Å². The highest BCUT2D eigenvalue weighted by molar-refractivity contribution is 4.99. The van der Waals surface area contributed by atoms with Crippen LogP contribution in [-0.2, 0) is 6.54 Å². The van der Waals surface area contributed by atoms with Gasteiger partial charge in [-0.1, -0.05) is 12.1 Å². The van der Waals surface area contributed by atoms with Crippen LogP contribution in [0.3, 0.4) is 0 Å². The maximum absolute atomic E-state index is 9.73. The molecule has 0 aliphatic carbocycles. The molecule has 1 aromatic heterocycles. The summed E-state index contributed by atoms with van der Waals surface area (Å²) in [5.74, 6) is 0.859. The highest BCUT2D eigenvalue weighted by Crippen LogP contribution is 2.25. The van der Waals surface area contributed by atoms with Gasteiger partial charge in [0, 0.05) is 19.2 Å². The molecule has 1 saturated heterocycles. The molecule has 4 heteroatoms. The smallest absolute Gasteiger partial charge is 0.150 e. The van der Waals surface area contributed by atoms with Crippen LogP contribution >= 0.6 is 0 Å². The van der Waals surface area contributed by atoms with E-state index in [1.807, 2.05) is 13.0 Å². The van der Waals surface area contributed by atoms with E-state index in [0.29, 0.717) is 0 Å². The minimum atomic E-state index is -0.458. The van der Waals surface area contributed by atoms with E-state index < -0.39 is 5.60 Å². The Morgan fingerprint density at radius 2 is 2.46 bits per heavy atom. The predicted molar refractivity (Wildman–Crippen MR) is 47.0 cm³/mol. The van der Waals surface area contributed by atoms with Gasteiger partial charge in [-0.2, -0.15) is 0 Å². The summed E-state index contributed by atoms with van der Waals surface area (Å²) in [6, 6.07) is 1.85. The molecule has 4 nitrogen and oxygen atoms in total. The van der Waals surface area contributed by atoms with Gasteiger partial charge in [-0.3, -0.25) is 4.90 Å². The number of nitrogens with zero attached hydrogens (tertiary/aromatic N) is 2. The fourth-order valence-electron chi connectivity index (χ4n) is 1.67. The summed E-state index contributed by atoms with van der Waals surface area (Å²) in [6.07, 6.45) is 2.46. The Kier molecular flexibility index (Phi) is 2.09. The van der Waals surface area contributed by atoms with Crippen molar-refractivity contribution >= 4 is 0 Å². The maximum Gasteiger partial charge on any atom is 0.150 e. The van der Waals surface area contributed by atoms with Crippen LogP contribution in [0.1, 0.15) is 19.1 Å². The lowest BCUT2D eigenvalue weighted by molar-refractivity contribution is -0.105. The number of aromatic nitrogens is 1. The highest BCUT2D eigenvalue weighted by Gasteiger charge is 2.39. The van der Waals surface area contributed by atoms with Crippen LogP contribution in [0, 0.1) is 0 Å². The number of rotatable bonds is 3. The summed E-state index contributed by atoms with van der Waals surface area (Å²) in [5.41, 5.74) is -0.458. The Balaban J connectivity index is 1.82. The van der Waals surface area contributed by atoms with Crippen molar-refractivity contribution in [3.05, 3.63) is 18.0 Å². The Morgan fingerprint density at radius 1 is 1.69 bits per heavy atom. The van der Waals surface area contributed by atoms with Crippen LogP contribution in [0.15, 0.2) is 16.8 Å². The van der Waals surface area contributed by atoms with Gasteiger partial charge >= 0.3 is 0 Å². The predicted octanol–water partition coefficient (Wildman–Crippen LogP) is 0.631. The molecule has 0 atom stereocenters. The van der Waals surface area contributed by atoms with Crippen LogP contribution in [0.25, 0.3) is 0 Å². The molecule has 0 radical (unpaired) electrons. The second-order valence-electron chi connectivity index (χ2n) is 3.70. The van der Waals surface area contributed by atoms with Crippen LogP contribution < -0.4 is 0 Å². The van der Waals surface area contributed by atoms with Crippen LogP contribution in [0.2, 0.25) is 0 Å². The van der Waals surface area contributed by atoms with Gasteiger partial charge in [0.25, 0.3) is 0 Å². The minimum Gasteiger partial charge on any atom is -0.387 e. The summed E-state index contributed by atoms with van der Waals surface area (Å²) in [4.78, 5) is 2.14. The third-order valence-corrected chi connectivity index (χ3v) is 2.56. The molecular weight excluding hydrogens is 168 g/mol. The van der Waals surface area contributed by atoms with E-state index in [0.717, 1.165) is 31.8 Å². The Labute approximate surface area is 77.1 Å². The lowest BCUT2D eigenvalue weighted by Crippen LogP contribution is -2.60. The normalized spacial score (nSPS) is 21.4. The minimum absolute atomic E-state index is 0.458. The standard InChI is InChI=1S/C9H14N2O2/c1-2-9(12)6-11(7-9)5-8-3-4-10-13-8/h3-4,12H,2,5-7H2,1H3. The van der Waals surface area contributed by atoms with E-state index in [2.05, 4.69) is 10.1 Å². The quantitative estimate of drug-likeness (QED) is 0.745. The van der Waals surface area contributed by atoms with Gasteiger partial charge in [0.2, 0.25) is 0 Å². The van der Waals surface area contributed by atoms with E-state index in [1.54, 1.807) is 6.20 Å². The van der Waals surface area contributed by atoms with E-state index in [-0.39, 0.29) is 0 Å². The van der Waals surface area contributed by atoms with E-state index in [4.69, 9.17) is 4.52 Å². The van der Waals surface area contributed by atoms with Crippen molar-refractivity contribution in [2.75, 3.05) is 13.1 Å². The van der Waals surface area contributed by atoms with E-state index in [1.165, 1.54) is 0 Å². The third-order valence-electron chi connectivity index (χ3n) is 2.56. The molecule has 2 rings (SSSR count). The number of hydrogen-bond acceptors (Lipinski definition) is 4. The first-order chi connectivity index (χ1) is 6.22. The molecular formula is C9H14N2O2. The molecule has 1 aliphatic rings. The van der Waals surface area contributed by atoms with Gasteiger partial charge in [0.05, 0.1) is 18.3 Å². The molecule has 0 aromatic carbocycles. The first-order valence-electron chi connectivity index (χ1n) is 4.56. The van der Waals surface area contributed by atoms with Gasteiger partial charge in [-0.15, -0.1) is 0 Å². The van der Waals surface area contributed by atoms with Crippen LogP contribution in [0.5, 0.6) is 0 Å². The molecule has 1 fully saturated rings. The Bertz CT molecular complexity index is 265. The zero-order chi connectivity index (χ0) is 9.31. The molecule has 1 aromatic rings. The Hall–Kier alpha value is -0.870. The summed E-state index contributed by atoms with van der Waals surface area (Å²) in [7, 11) is 0. The molecule has 0 amide bonds. The first kappa shape index (κ1) is 8.72. The van der Waals surface area contributed by atoms with Gasteiger partial charge in [-0.25, -0.2) is 0 Å². The molecule has 0 bridgehead atoms. The van der Waals surface area contributed by atoms with Crippen molar-refractivity contribution in [1.82, 2.24) is 10.1 Å². The monoisotopic (exact) mass is 182 g/mol. The topological polar surface area (TPSA) is 49.5 Å². The first-order valence-corrected chi connectivity index (χ1v) is 4.56. The average Bonchev–Trinajstić information content (AvgIpc) is 2.54. The van der Waals surface area contributed by atoms with Gasteiger partial charge in [-0.05, 0) is 6.42 Å². The molecule has 72 valence electrons. The average molecular weight is 182 g/mol. The number of likely N-dealkylation sites (tertiary alicyclic amines) is 1. The number of aliphatic hydroxyl groups is 1. The van der Waals surface area contributed by atoms with Gasteiger partial charge in [0.1, 0.15) is 0 Å². The largest absolute Gasteiger partial charge is 0.387 e. The Morgan fingerprint density at radius 3 is 3.00 bits per heavy atom. The van der Waals surface area contributed by atoms with Gasteiger partial charge < -0.3 is 9.63 Å². The molecule has 2 heterocycles. The zero-order valence-electron chi connectivity index (χ0n) is 7.73. The summed E-state index contributed by atoms with van der Waals surface area (Å²) >= 11 is 0. The molecule has 1 aliphatic heterocycles. The van der Waals surface area contributed by atoms with Crippen molar-refractivity contribution in [3.63, 3.8) is 0 Å².